The molecule has 0 bridgehead atoms. The molecule has 0 aliphatic rings. The first-order valence-corrected chi connectivity index (χ1v) is 9.60. The lowest BCUT2D eigenvalue weighted by atomic mass is 10.3. The van der Waals surface area contributed by atoms with Crippen LogP contribution >= 0.6 is 22.7 Å². The average Bonchev–Trinajstić information content (AvgIpc) is 3.26. The molecule has 0 aliphatic heterocycles. The lowest BCUT2D eigenvalue weighted by Crippen LogP contribution is -1.90. The molecule has 0 aliphatic carbocycles. The Kier molecular flexibility index (Phi) is 4.63. The topological polar surface area (TPSA) is 74.7 Å². The summed E-state index contributed by atoms with van der Waals surface area (Å²) in [5.41, 5.74) is 1.68. The van der Waals surface area contributed by atoms with Crippen LogP contribution in [0.2, 0.25) is 0 Å². The zero-order valence-electron chi connectivity index (χ0n) is 15.2. The van der Waals surface area contributed by atoms with Crippen LogP contribution in [0.5, 0.6) is 23.0 Å². The van der Waals surface area contributed by atoms with Gasteiger partial charge >= 0.3 is 0 Å². The highest BCUT2D eigenvalue weighted by Crippen LogP contribution is 2.39. The number of benzene rings is 2. The highest BCUT2D eigenvalue weighted by Gasteiger charge is 2.14. The number of hydrogen-bond donors (Lipinski definition) is 1. The van der Waals surface area contributed by atoms with E-state index in [4.69, 9.17) is 18.9 Å². The van der Waals surface area contributed by atoms with Gasteiger partial charge in [-0.2, -0.15) is 0 Å². The van der Waals surface area contributed by atoms with Crippen LogP contribution in [0.4, 0.5) is 10.3 Å². The van der Waals surface area contributed by atoms with Crippen LogP contribution < -0.4 is 24.3 Å². The first-order chi connectivity index (χ1) is 13.1. The fourth-order valence-electron chi connectivity index (χ4n) is 2.71. The summed E-state index contributed by atoms with van der Waals surface area (Å²) in [4.78, 5) is 9.24. The Morgan fingerprint density at radius 3 is 1.37 bits per heavy atom. The van der Waals surface area contributed by atoms with Crippen LogP contribution in [-0.2, 0) is 0 Å². The Morgan fingerprint density at radius 1 is 0.630 bits per heavy atom. The van der Waals surface area contributed by atoms with E-state index in [-0.39, 0.29) is 0 Å². The van der Waals surface area contributed by atoms with Gasteiger partial charge in [0.2, 0.25) is 0 Å². The third kappa shape index (κ3) is 3.19. The Balaban J connectivity index is 1.69. The molecule has 9 heteroatoms. The molecule has 27 heavy (non-hydrogen) atoms. The van der Waals surface area contributed by atoms with Crippen molar-refractivity contribution in [3.05, 3.63) is 24.3 Å². The molecule has 2 heterocycles. The van der Waals surface area contributed by atoms with Crippen LogP contribution in [0.1, 0.15) is 0 Å². The van der Waals surface area contributed by atoms with Gasteiger partial charge in [0.05, 0.1) is 48.9 Å². The molecule has 0 saturated heterocycles. The van der Waals surface area contributed by atoms with E-state index in [1.807, 2.05) is 24.3 Å². The van der Waals surface area contributed by atoms with Crippen molar-refractivity contribution in [2.75, 3.05) is 33.8 Å². The van der Waals surface area contributed by atoms with Crippen molar-refractivity contribution in [1.29, 1.82) is 0 Å². The van der Waals surface area contributed by atoms with Gasteiger partial charge in [-0.3, -0.25) is 0 Å². The minimum absolute atomic E-state index is 0.654. The Bertz CT molecular complexity index is 953. The SMILES string of the molecule is COc1cc2nc(Nc3nc4cc(OC)c(OC)cc4s3)sc2cc1OC. The number of aromatic nitrogens is 2. The molecule has 0 fully saturated rings. The molecule has 4 rings (SSSR count). The van der Waals surface area contributed by atoms with Gasteiger partial charge in [-0.1, -0.05) is 22.7 Å². The number of rotatable bonds is 6. The van der Waals surface area contributed by atoms with Crippen molar-refractivity contribution >= 4 is 53.4 Å². The summed E-state index contributed by atoms with van der Waals surface area (Å²) in [5, 5.41) is 4.78. The predicted octanol–water partition coefficient (Wildman–Crippen LogP) is 4.68. The van der Waals surface area contributed by atoms with Gasteiger partial charge in [-0.15, -0.1) is 0 Å². The second-order valence-corrected chi connectivity index (χ2v) is 7.57. The minimum Gasteiger partial charge on any atom is -0.493 e. The van der Waals surface area contributed by atoms with Crippen LogP contribution in [-0.4, -0.2) is 38.4 Å². The number of anilines is 2. The molecular weight excluding hydrogens is 386 g/mol. The van der Waals surface area contributed by atoms with Gasteiger partial charge in [-0.05, 0) is 0 Å². The van der Waals surface area contributed by atoms with Crippen LogP contribution in [0.25, 0.3) is 20.4 Å². The highest BCUT2D eigenvalue weighted by molar-refractivity contribution is 7.24. The molecule has 0 unspecified atom stereocenters. The van der Waals surface area contributed by atoms with Crippen molar-refractivity contribution in [2.45, 2.75) is 0 Å². The second-order valence-electron chi connectivity index (χ2n) is 5.51. The molecule has 0 saturated carbocycles. The van der Waals surface area contributed by atoms with Gasteiger partial charge in [-0.25, -0.2) is 9.97 Å². The molecule has 7 nitrogen and oxygen atoms in total. The minimum atomic E-state index is 0.654. The average molecular weight is 403 g/mol. The summed E-state index contributed by atoms with van der Waals surface area (Å²) >= 11 is 3.05. The number of nitrogens with one attached hydrogen (secondary N) is 1. The number of hydrogen-bond acceptors (Lipinski definition) is 9. The molecule has 140 valence electrons. The van der Waals surface area contributed by atoms with Gasteiger partial charge in [0.1, 0.15) is 0 Å². The van der Waals surface area contributed by atoms with Crippen LogP contribution in [0.15, 0.2) is 24.3 Å². The first-order valence-electron chi connectivity index (χ1n) is 7.97. The largest absolute Gasteiger partial charge is 0.493 e. The summed E-state index contributed by atoms with van der Waals surface area (Å²) in [6.07, 6.45) is 0. The lowest BCUT2D eigenvalue weighted by molar-refractivity contribution is 0.356. The third-order valence-electron chi connectivity index (χ3n) is 4.00. The summed E-state index contributed by atoms with van der Waals surface area (Å²) in [6.45, 7) is 0. The summed E-state index contributed by atoms with van der Waals surface area (Å²) in [7, 11) is 6.46. The standard InChI is InChI=1S/C18H17N3O4S2/c1-22-11-5-9-15(7-13(11)24-3)26-17(19-9)21-18-20-10-6-12(23-2)14(25-4)8-16(10)27-18/h5-8H,1-4H3,(H,19,20,21). The fourth-order valence-corrected chi connectivity index (χ4v) is 4.52. The Morgan fingerprint density at radius 2 is 1.00 bits per heavy atom. The normalized spacial score (nSPS) is 11.0. The number of methoxy groups -OCH3 is 4. The predicted molar refractivity (Wildman–Crippen MR) is 109 cm³/mol. The van der Waals surface area contributed by atoms with E-state index in [0.29, 0.717) is 23.0 Å². The highest BCUT2D eigenvalue weighted by atomic mass is 32.1. The summed E-state index contributed by atoms with van der Waals surface area (Å²) < 4.78 is 23.4. The number of ether oxygens (including phenoxy) is 4. The Labute approximate surface area is 163 Å². The molecule has 0 radical (unpaired) electrons. The molecule has 0 atom stereocenters. The van der Waals surface area contributed by atoms with Gasteiger partial charge in [0, 0.05) is 24.3 Å². The van der Waals surface area contributed by atoms with Crippen molar-refractivity contribution in [1.82, 2.24) is 9.97 Å². The van der Waals surface area contributed by atoms with E-state index in [2.05, 4.69) is 15.3 Å². The first kappa shape index (κ1) is 17.6. The second kappa shape index (κ2) is 7.09. The lowest BCUT2D eigenvalue weighted by Gasteiger charge is -2.05. The van der Waals surface area contributed by atoms with E-state index < -0.39 is 0 Å². The summed E-state index contributed by atoms with van der Waals surface area (Å²) in [6, 6.07) is 7.57. The van der Waals surface area contributed by atoms with E-state index in [9.17, 15) is 0 Å². The molecule has 0 amide bonds. The van der Waals surface area contributed by atoms with Crippen LogP contribution in [0, 0.1) is 0 Å². The smallest absolute Gasteiger partial charge is 0.190 e. The third-order valence-corrected chi connectivity index (χ3v) is 5.87. The Hall–Kier alpha value is -2.78. The van der Waals surface area contributed by atoms with E-state index >= 15 is 0 Å². The zero-order chi connectivity index (χ0) is 19.0. The maximum atomic E-state index is 5.35. The molecular formula is C18H17N3O4S2. The molecule has 2 aromatic heterocycles. The van der Waals surface area contributed by atoms with Crippen molar-refractivity contribution in [3.8, 4) is 23.0 Å². The van der Waals surface area contributed by atoms with Crippen LogP contribution in [0.3, 0.4) is 0 Å². The van der Waals surface area contributed by atoms with Crippen molar-refractivity contribution < 1.29 is 18.9 Å². The van der Waals surface area contributed by atoms with Crippen molar-refractivity contribution in [2.24, 2.45) is 0 Å². The fraction of sp³-hybridized carbons (Fsp3) is 0.222. The maximum absolute atomic E-state index is 5.35. The number of nitrogens with zero attached hydrogens (tertiary/aromatic N) is 2. The maximum Gasteiger partial charge on any atom is 0.190 e. The molecule has 2 aromatic carbocycles. The van der Waals surface area contributed by atoms with Crippen molar-refractivity contribution in [3.63, 3.8) is 0 Å². The number of fused-ring (bicyclic) bond motifs is 2. The molecule has 1 N–H and O–H groups in total. The quantitative estimate of drug-likeness (QED) is 0.501. The molecule has 4 aromatic rings. The zero-order valence-corrected chi connectivity index (χ0v) is 16.8. The monoisotopic (exact) mass is 403 g/mol. The van der Waals surface area contributed by atoms with Gasteiger partial charge < -0.3 is 24.3 Å². The van der Waals surface area contributed by atoms with Gasteiger partial charge in [0.25, 0.3) is 0 Å². The van der Waals surface area contributed by atoms with E-state index in [0.717, 1.165) is 30.7 Å². The molecule has 0 spiro atoms. The van der Waals surface area contributed by atoms with E-state index in [1.54, 1.807) is 28.4 Å². The number of thiazole rings is 2. The van der Waals surface area contributed by atoms with Gasteiger partial charge in [0.15, 0.2) is 33.3 Å². The van der Waals surface area contributed by atoms with E-state index in [1.165, 1.54) is 22.7 Å². The summed E-state index contributed by atoms with van der Waals surface area (Å²) in [5.74, 6) is 2.67.